The first-order chi connectivity index (χ1) is 13.4. The standard InChI is InChI=1S/C20H22N2O5S/c1-4-27-20(23)19(22-28(24,25)15-8-5-13(2)6-9-15)17-12-21-18-10-7-14(26-3)11-16(17)18/h5-12,19,21-22H,4H2,1-3H3. The maximum absolute atomic E-state index is 12.9. The molecule has 0 saturated heterocycles. The Kier molecular flexibility index (Phi) is 5.71. The van der Waals surface area contributed by atoms with Gasteiger partial charge in [-0.2, -0.15) is 4.72 Å². The largest absolute Gasteiger partial charge is 0.497 e. The highest BCUT2D eigenvalue weighted by Crippen LogP contribution is 2.29. The van der Waals surface area contributed by atoms with Gasteiger partial charge in [0.2, 0.25) is 10.0 Å². The number of carbonyl (C=O) groups is 1. The molecule has 2 N–H and O–H groups in total. The van der Waals surface area contributed by atoms with Gasteiger partial charge in [-0.05, 0) is 44.2 Å². The predicted molar refractivity (Wildman–Crippen MR) is 106 cm³/mol. The van der Waals surface area contributed by atoms with Crippen LogP contribution in [0.25, 0.3) is 10.9 Å². The smallest absolute Gasteiger partial charge is 0.328 e. The monoisotopic (exact) mass is 402 g/mol. The zero-order valence-electron chi connectivity index (χ0n) is 15.9. The lowest BCUT2D eigenvalue weighted by molar-refractivity contribution is -0.145. The van der Waals surface area contributed by atoms with Crippen LogP contribution in [0, 0.1) is 6.92 Å². The zero-order valence-corrected chi connectivity index (χ0v) is 16.7. The molecular formula is C20H22N2O5S. The van der Waals surface area contributed by atoms with Crippen LogP contribution in [0.3, 0.4) is 0 Å². The first kappa shape index (κ1) is 19.9. The molecule has 3 rings (SSSR count). The predicted octanol–water partition coefficient (Wildman–Crippen LogP) is 3.07. The van der Waals surface area contributed by atoms with Gasteiger partial charge in [0, 0.05) is 22.7 Å². The molecule has 8 heteroatoms. The molecule has 0 aliphatic rings. The Morgan fingerprint density at radius 1 is 1.18 bits per heavy atom. The van der Waals surface area contributed by atoms with Gasteiger partial charge >= 0.3 is 5.97 Å². The Morgan fingerprint density at radius 2 is 1.89 bits per heavy atom. The average molecular weight is 402 g/mol. The molecule has 1 unspecified atom stereocenters. The fourth-order valence-electron chi connectivity index (χ4n) is 2.89. The van der Waals surface area contributed by atoms with Gasteiger partial charge in [0.25, 0.3) is 0 Å². The molecular weight excluding hydrogens is 380 g/mol. The van der Waals surface area contributed by atoms with Crippen molar-refractivity contribution in [3.8, 4) is 5.75 Å². The SMILES string of the molecule is CCOC(=O)C(NS(=O)(=O)c1ccc(C)cc1)c1c[nH]c2ccc(OC)cc12. The number of rotatable bonds is 7. The minimum atomic E-state index is -3.95. The van der Waals surface area contributed by atoms with Crippen LogP contribution in [0.5, 0.6) is 5.75 Å². The summed E-state index contributed by atoms with van der Waals surface area (Å²) >= 11 is 0. The highest BCUT2D eigenvalue weighted by atomic mass is 32.2. The number of sulfonamides is 1. The molecule has 2 aromatic carbocycles. The van der Waals surface area contributed by atoms with Gasteiger partial charge in [0.1, 0.15) is 11.8 Å². The lowest BCUT2D eigenvalue weighted by Gasteiger charge is -2.17. The fraction of sp³-hybridized carbons (Fsp3) is 0.250. The number of H-pyrrole nitrogens is 1. The molecule has 1 aromatic heterocycles. The summed E-state index contributed by atoms with van der Waals surface area (Å²) in [4.78, 5) is 15.7. The van der Waals surface area contributed by atoms with E-state index in [2.05, 4.69) is 9.71 Å². The Morgan fingerprint density at radius 3 is 2.54 bits per heavy atom. The van der Waals surface area contributed by atoms with Gasteiger partial charge in [-0.3, -0.25) is 0 Å². The molecule has 0 bridgehead atoms. The van der Waals surface area contributed by atoms with Gasteiger partial charge in [-0.1, -0.05) is 17.7 Å². The summed E-state index contributed by atoms with van der Waals surface area (Å²) in [5.74, 6) is -0.0840. The van der Waals surface area contributed by atoms with Crippen LogP contribution in [-0.2, 0) is 19.6 Å². The molecule has 0 aliphatic carbocycles. The summed E-state index contributed by atoms with van der Waals surface area (Å²) in [7, 11) is -2.41. The summed E-state index contributed by atoms with van der Waals surface area (Å²) in [6.07, 6.45) is 1.60. The molecule has 0 fully saturated rings. The number of aromatic nitrogens is 1. The maximum Gasteiger partial charge on any atom is 0.328 e. The molecule has 0 amide bonds. The number of fused-ring (bicyclic) bond motifs is 1. The molecule has 0 saturated carbocycles. The van der Waals surface area contributed by atoms with E-state index in [1.54, 1.807) is 43.5 Å². The minimum Gasteiger partial charge on any atom is -0.497 e. The van der Waals surface area contributed by atoms with Crippen LogP contribution in [0.15, 0.2) is 53.6 Å². The van der Waals surface area contributed by atoms with Crippen molar-refractivity contribution in [2.45, 2.75) is 24.8 Å². The third kappa shape index (κ3) is 4.02. The summed E-state index contributed by atoms with van der Waals surface area (Å²) in [6, 6.07) is 10.5. The first-order valence-electron chi connectivity index (χ1n) is 8.76. The highest BCUT2D eigenvalue weighted by molar-refractivity contribution is 7.89. The van der Waals surface area contributed by atoms with Gasteiger partial charge in [0.15, 0.2) is 0 Å². The van der Waals surface area contributed by atoms with Crippen molar-refractivity contribution in [1.29, 1.82) is 0 Å². The molecule has 28 heavy (non-hydrogen) atoms. The second-order valence-electron chi connectivity index (χ2n) is 6.27. The van der Waals surface area contributed by atoms with Crippen LogP contribution in [0.2, 0.25) is 0 Å². The van der Waals surface area contributed by atoms with Crippen molar-refractivity contribution in [3.05, 3.63) is 59.8 Å². The number of carbonyl (C=O) groups excluding carboxylic acids is 1. The molecule has 3 aromatic rings. The zero-order chi connectivity index (χ0) is 20.3. The van der Waals surface area contributed by atoms with Crippen LogP contribution >= 0.6 is 0 Å². The number of hydrogen-bond acceptors (Lipinski definition) is 5. The van der Waals surface area contributed by atoms with E-state index in [1.165, 1.54) is 19.2 Å². The van der Waals surface area contributed by atoms with Crippen molar-refractivity contribution >= 4 is 26.9 Å². The van der Waals surface area contributed by atoms with E-state index in [-0.39, 0.29) is 11.5 Å². The van der Waals surface area contributed by atoms with Gasteiger partial charge in [0.05, 0.1) is 18.6 Å². The number of methoxy groups -OCH3 is 1. The summed E-state index contributed by atoms with van der Waals surface area (Å²) in [5, 5.41) is 0.670. The van der Waals surface area contributed by atoms with Crippen LogP contribution in [0.1, 0.15) is 24.1 Å². The molecule has 7 nitrogen and oxygen atoms in total. The molecule has 148 valence electrons. The van der Waals surface area contributed by atoms with E-state index in [0.717, 1.165) is 11.1 Å². The van der Waals surface area contributed by atoms with Crippen LogP contribution < -0.4 is 9.46 Å². The van der Waals surface area contributed by atoms with E-state index in [0.29, 0.717) is 16.7 Å². The number of aryl methyl sites for hydroxylation is 1. The third-order valence-electron chi connectivity index (χ3n) is 4.36. The number of nitrogens with one attached hydrogen (secondary N) is 2. The van der Waals surface area contributed by atoms with Crippen LogP contribution in [0.4, 0.5) is 0 Å². The number of ether oxygens (including phenoxy) is 2. The highest BCUT2D eigenvalue weighted by Gasteiger charge is 2.30. The van der Waals surface area contributed by atoms with E-state index in [1.807, 2.05) is 6.92 Å². The number of esters is 1. The Bertz CT molecular complexity index is 1090. The van der Waals surface area contributed by atoms with E-state index in [4.69, 9.17) is 9.47 Å². The van der Waals surface area contributed by atoms with Crippen molar-refractivity contribution in [1.82, 2.24) is 9.71 Å². The third-order valence-corrected chi connectivity index (χ3v) is 5.80. The lowest BCUT2D eigenvalue weighted by Crippen LogP contribution is -2.35. The topological polar surface area (TPSA) is 97.5 Å². The number of aromatic amines is 1. The first-order valence-corrected chi connectivity index (χ1v) is 10.2. The summed E-state index contributed by atoms with van der Waals surface area (Å²) in [6.45, 7) is 3.67. The average Bonchev–Trinajstić information content (AvgIpc) is 3.09. The quantitative estimate of drug-likeness (QED) is 0.592. The van der Waals surface area contributed by atoms with Crippen molar-refractivity contribution in [3.63, 3.8) is 0 Å². The fourth-order valence-corrected chi connectivity index (χ4v) is 4.06. The minimum absolute atomic E-state index is 0.0739. The summed E-state index contributed by atoms with van der Waals surface area (Å²) in [5.41, 5.74) is 2.15. The number of benzene rings is 2. The van der Waals surface area contributed by atoms with E-state index < -0.39 is 22.0 Å². The van der Waals surface area contributed by atoms with E-state index in [9.17, 15) is 13.2 Å². The molecule has 1 atom stereocenters. The Labute approximate surface area is 163 Å². The van der Waals surface area contributed by atoms with E-state index >= 15 is 0 Å². The van der Waals surface area contributed by atoms with Gasteiger partial charge in [-0.25, -0.2) is 13.2 Å². The van der Waals surface area contributed by atoms with Crippen LogP contribution in [-0.4, -0.2) is 33.1 Å². The Hall–Kier alpha value is -2.84. The molecule has 1 heterocycles. The van der Waals surface area contributed by atoms with Crippen molar-refractivity contribution < 1.29 is 22.7 Å². The maximum atomic E-state index is 12.9. The molecule has 0 radical (unpaired) electrons. The Balaban J connectivity index is 2.05. The normalized spacial score (nSPS) is 12.7. The van der Waals surface area contributed by atoms with Gasteiger partial charge < -0.3 is 14.5 Å². The molecule has 0 spiro atoms. The van der Waals surface area contributed by atoms with Gasteiger partial charge in [-0.15, -0.1) is 0 Å². The number of hydrogen-bond donors (Lipinski definition) is 2. The van der Waals surface area contributed by atoms with Crippen molar-refractivity contribution in [2.75, 3.05) is 13.7 Å². The van der Waals surface area contributed by atoms with Crippen molar-refractivity contribution in [2.24, 2.45) is 0 Å². The second kappa shape index (κ2) is 8.04. The molecule has 0 aliphatic heterocycles. The summed E-state index contributed by atoms with van der Waals surface area (Å²) < 4.78 is 38.6. The lowest BCUT2D eigenvalue weighted by atomic mass is 10.1. The second-order valence-corrected chi connectivity index (χ2v) is 7.99.